The number of hydroxylamine groups is 2. The normalized spacial score (nSPS) is 17.9. The molecule has 2 rings (SSSR count). The Morgan fingerprint density at radius 1 is 1.40 bits per heavy atom. The average molecular weight is 358 g/mol. The minimum Gasteiger partial charge on any atom is -0.623 e. The van der Waals surface area contributed by atoms with Crippen LogP contribution in [0.3, 0.4) is 0 Å². The molecule has 1 heterocycles. The molecule has 1 aliphatic heterocycles. The van der Waals surface area contributed by atoms with Gasteiger partial charge >= 0.3 is 0 Å². The predicted molar refractivity (Wildman–Crippen MR) is 79.9 cm³/mol. The number of ether oxygens (including phenoxy) is 1. The minimum atomic E-state index is -2.55. The molecule has 106 valence electrons. The maximum absolute atomic E-state index is 11.7. The van der Waals surface area contributed by atoms with Gasteiger partial charge in [0.15, 0.2) is 0 Å². The van der Waals surface area contributed by atoms with Crippen molar-refractivity contribution in [3.05, 3.63) is 57.4 Å². The van der Waals surface area contributed by atoms with Crippen molar-refractivity contribution in [1.29, 1.82) is 0 Å². The molecule has 7 heteroatoms. The van der Waals surface area contributed by atoms with Gasteiger partial charge < -0.3 is 15.0 Å². The molecule has 0 aromatic heterocycles. The van der Waals surface area contributed by atoms with Crippen LogP contribution in [-0.4, -0.2) is 20.5 Å². The van der Waals surface area contributed by atoms with E-state index in [4.69, 9.17) is 4.74 Å². The first-order chi connectivity index (χ1) is 9.52. The molecule has 0 saturated heterocycles. The van der Waals surface area contributed by atoms with E-state index in [2.05, 4.69) is 15.9 Å². The number of hydrogen-bond acceptors (Lipinski definition) is 4. The van der Waals surface area contributed by atoms with Crippen molar-refractivity contribution in [1.82, 2.24) is 0 Å². The number of hydrogen-bond donors (Lipinski definition) is 1. The molecule has 5 nitrogen and oxygen atoms in total. The van der Waals surface area contributed by atoms with Crippen molar-refractivity contribution in [3.63, 3.8) is 0 Å². The first-order valence-electron chi connectivity index (χ1n) is 5.73. The Balaban J connectivity index is 2.41. The lowest BCUT2D eigenvalue weighted by Crippen LogP contribution is -3.06. The molecule has 0 saturated carbocycles. The van der Waals surface area contributed by atoms with Gasteiger partial charge in [0.25, 0.3) is 15.3 Å². The van der Waals surface area contributed by atoms with Crippen LogP contribution >= 0.6 is 15.9 Å². The van der Waals surface area contributed by atoms with Gasteiger partial charge in [-0.05, 0) is 35.9 Å². The molecule has 0 bridgehead atoms. The van der Waals surface area contributed by atoms with Crippen LogP contribution in [0, 0.1) is 5.21 Å². The number of benzene rings is 1. The fourth-order valence-electron chi connectivity index (χ4n) is 1.91. The molecule has 0 amide bonds. The smallest absolute Gasteiger partial charge is 0.277 e. The van der Waals surface area contributed by atoms with E-state index in [0.29, 0.717) is 17.7 Å². The third kappa shape index (κ3) is 3.18. The van der Waals surface area contributed by atoms with Crippen LogP contribution in [0.15, 0.2) is 46.6 Å². The van der Waals surface area contributed by atoms with Gasteiger partial charge in [-0.2, -0.15) is 8.42 Å². The van der Waals surface area contributed by atoms with Crippen LogP contribution in [0.2, 0.25) is 0 Å². The van der Waals surface area contributed by atoms with E-state index < -0.39 is 15.4 Å². The van der Waals surface area contributed by atoms with E-state index in [1.165, 1.54) is 6.20 Å². The summed E-state index contributed by atoms with van der Waals surface area (Å²) < 4.78 is 28.4. The molecule has 1 aromatic carbocycles. The summed E-state index contributed by atoms with van der Waals surface area (Å²) in [4.78, 5) is -0.179. The second kappa shape index (κ2) is 6.36. The number of halogens is 1. The van der Waals surface area contributed by atoms with Crippen LogP contribution in [-0.2, 0) is 16.7 Å². The summed E-state index contributed by atoms with van der Waals surface area (Å²) in [6.45, 7) is 0. The lowest BCUT2D eigenvalue weighted by molar-refractivity contribution is -0.680. The molecule has 1 unspecified atom stereocenters. The molecule has 0 aliphatic carbocycles. The molecule has 20 heavy (non-hydrogen) atoms. The fourth-order valence-corrected chi connectivity index (χ4v) is 2.88. The van der Waals surface area contributed by atoms with Crippen molar-refractivity contribution >= 4 is 31.2 Å². The number of nitrogens with one attached hydrogen (secondary N) is 1. The van der Waals surface area contributed by atoms with Crippen molar-refractivity contribution in [2.75, 3.05) is 7.11 Å². The third-order valence-electron chi connectivity index (χ3n) is 2.86. The number of rotatable bonds is 3. The van der Waals surface area contributed by atoms with Crippen LogP contribution in [0.4, 0.5) is 0 Å². The zero-order valence-electron chi connectivity index (χ0n) is 10.6. The molecule has 1 atom stereocenters. The Bertz CT molecular complexity index is 714. The van der Waals surface area contributed by atoms with Crippen molar-refractivity contribution in [2.45, 2.75) is 6.42 Å². The van der Waals surface area contributed by atoms with E-state index in [-0.39, 0.29) is 4.99 Å². The first-order valence-corrected chi connectivity index (χ1v) is 7.60. The highest BCUT2D eigenvalue weighted by Gasteiger charge is 2.20. The van der Waals surface area contributed by atoms with Gasteiger partial charge in [-0.3, -0.25) is 0 Å². The van der Waals surface area contributed by atoms with E-state index >= 15 is 0 Å². The average Bonchev–Trinajstić information content (AvgIpc) is 2.41. The summed E-state index contributed by atoms with van der Waals surface area (Å²) in [6, 6.07) is 5.42. The molecule has 1 aliphatic rings. The lowest BCUT2D eigenvalue weighted by Gasteiger charge is -2.21. The Kier molecular flexibility index (Phi) is 4.77. The van der Waals surface area contributed by atoms with Gasteiger partial charge in [-0.15, -0.1) is 0 Å². The third-order valence-corrected chi connectivity index (χ3v) is 4.43. The molecule has 0 spiro atoms. The van der Waals surface area contributed by atoms with E-state index in [1.54, 1.807) is 31.4 Å². The van der Waals surface area contributed by atoms with Gasteiger partial charge in [0.2, 0.25) is 0 Å². The first kappa shape index (κ1) is 15.0. The monoisotopic (exact) mass is 357 g/mol. The highest BCUT2D eigenvalue weighted by atomic mass is 79.9. The fraction of sp³-hybridized carbons (Fsp3) is 0.154. The Hall–Kier alpha value is -1.41. The van der Waals surface area contributed by atoms with Gasteiger partial charge in [-0.1, -0.05) is 15.9 Å². The summed E-state index contributed by atoms with van der Waals surface area (Å²) in [5, 5.41) is 11.2. The van der Waals surface area contributed by atoms with Crippen LogP contribution in [0.1, 0.15) is 5.56 Å². The standard InChI is InChI=1S/C13H12BrNO4S/c1-19-11-4-5-12(14)10(8-11)7-9-3-2-6-15(16)13(9)20(17)18/h2-6,8,15H,7H2,1H3. The molecular formula is C13H12BrNO4S. The van der Waals surface area contributed by atoms with E-state index in [9.17, 15) is 13.6 Å². The van der Waals surface area contributed by atoms with Crippen LogP contribution in [0.5, 0.6) is 5.75 Å². The zero-order valence-corrected chi connectivity index (χ0v) is 13.0. The Morgan fingerprint density at radius 2 is 2.15 bits per heavy atom. The summed E-state index contributed by atoms with van der Waals surface area (Å²) in [6.07, 6.45) is 4.77. The molecule has 0 radical (unpaired) electrons. The highest BCUT2D eigenvalue weighted by Crippen LogP contribution is 2.25. The molecular weight excluding hydrogens is 346 g/mol. The Morgan fingerprint density at radius 3 is 2.80 bits per heavy atom. The molecule has 0 fully saturated rings. The number of quaternary nitrogens is 1. The maximum Gasteiger partial charge on any atom is 0.277 e. The summed E-state index contributed by atoms with van der Waals surface area (Å²) >= 11 is 3.41. The van der Waals surface area contributed by atoms with Gasteiger partial charge in [-0.25, -0.2) is 0 Å². The van der Waals surface area contributed by atoms with Gasteiger partial charge in [0.05, 0.1) is 7.11 Å². The topological polar surface area (TPSA) is 70.9 Å². The van der Waals surface area contributed by atoms with Crippen molar-refractivity contribution in [2.24, 2.45) is 0 Å². The number of methoxy groups -OCH3 is 1. The van der Waals surface area contributed by atoms with Crippen molar-refractivity contribution in [3.8, 4) is 5.75 Å². The second-order valence-corrected chi connectivity index (χ2v) is 5.85. The highest BCUT2D eigenvalue weighted by molar-refractivity contribution is 9.10. The largest absolute Gasteiger partial charge is 0.623 e. The van der Waals surface area contributed by atoms with Crippen LogP contribution < -0.4 is 9.80 Å². The van der Waals surface area contributed by atoms with E-state index in [1.807, 2.05) is 6.07 Å². The SMILES string of the molecule is COc1ccc(Br)c(CC2=CC=C[NH+]([O-])C2=S(=O)=O)c1. The van der Waals surface area contributed by atoms with Crippen LogP contribution in [0.25, 0.3) is 0 Å². The zero-order chi connectivity index (χ0) is 14.7. The quantitative estimate of drug-likeness (QED) is 0.642. The predicted octanol–water partition coefficient (Wildman–Crippen LogP) is 0.846. The van der Waals surface area contributed by atoms with Gasteiger partial charge in [0, 0.05) is 16.5 Å². The van der Waals surface area contributed by atoms with E-state index in [0.717, 1.165) is 10.0 Å². The molecule has 1 N–H and O–H groups in total. The molecule has 1 aromatic rings. The van der Waals surface area contributed by atoms with Crippen molar-refractivity contribution < 1.29 is 18.2 Å². The number of allylic oxidation sites excluding steroid dienone is 2. The summed E-state index contributed by atoms with van der Waals surface area (Å²) in [5.41, 5.74) is 1.32. The second-order valence-electron chi connectivity index (χ2n) is 4.11. The minimum absolute atomic E-state index is 0.179. The Labute approximate surface area is 126 Å². The van der Waals surface area contributed by atoms with Gasteiger partial charge in [0.1, 0.15) is 11.9 Å². The lowest BCUT2D eigenvalue weighted by atomic mass is 10.0. The summed E-state index contributed by atoms with van der Waals surface area (Å²) in [5.74, 6) is 0.672. The summed E-state index contributed by atoms with van der Waals surface area (Å²) in [7, 11) is -0.990. The maximum atomic E-state index is 11.7.